The lowest BCUT2D eigenvalue weighted by molar-refractivity contribution is -0.118. The topological polar surface area (TPSA) is 136 Å². The van der Waals surface area contributed by atoms with Gasteiger partial charge in [0.05, 0.1) is 12.8 Å². The van der Waals surface area contributed by atoms with Gasteiger partial charge in [-0.1, -0.05) is 6.92 Å². The first-order valence-corrected chi connectivity index (χ1v) is 10.5. The SMILES string of the molecule is CCCn1c(N)c(N(CCOC)C(=O)CCc2ncc(-c3ccc(F)cc3)o2)c(=O)[nH]c1=O. The van der Waals surface area contributed by atoms with Gasteiger partial charge in [0.2, 0.25) is 5.91 Å². The molecule has 2 aromatic heterocycles. The summed E-state index contributed by atoms with van der Waals surface area (Å²) in [6.07, 6.45) is 2.25. The lowest BCUT2D eigenvalue weighted by Crippen LogP contribution is -2.42. The molecule has 33 heavy (non-hydrogen) atoms. The summed E-state index contributed by atoms with van der Waals surface area (Å²) in [6, 6.07) is 5.76. The number of carbonyl (C=O) groups is 1. The number of hydrogen-bond donors (Lipinski definition) is 2. The predicted molar refractivity (Wildman–Crippen MR) is 120 cm³/mol. The first-order chi connectivity index (χ1) is 15.8. The van der Waals surface area contributed by atoms with Crippen molar-refractivity contribution in [2.75, 3.05) is 30.9 Å². The van der Waals surface area contributed by atoms with E-state index in [9.17, 15) is 18.8 Å². The van der Waals surface area contributed by atoms with Crippen molar-refractivity contribution in [3.05, 3.63) is 63.0 Å². The molecule has 3 N–H and O–H groups in total. The average molecular weight is 459 g/mol. The van der Waals surface area contributed by atoms with Crippen LogP contribution >= 0.6 is 0 Å². The Labute approximate surface area is 188 Å². The summed E-state index contributed by atoms with van der Waals surface area (Å²) in [5.41, 5.74) is 5.30. The fraction of sp³-hybridized carbons (Fsp3) is 0.364. The lowest BCUT2D eigenvalue weighted by atomic mass is 10.2. The van der Waals surface area contributed by atoms with E-state index < -0.39 is 17.2 Å². The van der Waals surface area contributed by atoms with Crippen LogP contribution in [0.15, 0.2) is 44.5 Å². The number of nitrogens with one attached hydrogen (secondary N) is 1. The van der Waals surface area contributed by atoms with Crippen LogP contribution < -0.4 is 21.9 Å². The summed E-state index contributed by atoms with van der Waals surface area (Å²) in [5, 5.41) is 0. The first kappa shape index (κ1) is 23.9. The Morgan fingerprint density at radius 2 is 2.03 bits per heavy atom. The molecule has 176 valence electrons. The van der Waals surface area contributed by atoms with E-state index in [1.165, 1.54) is 34.9 Å². The zero-order valence-electron chi connectivity index (χ0n) is 18.5. The molecule has 0 fully saturated rings. The second kappa shape index (κ2) is 10.7. The maximum absolute atomic E-state index is 13.1. The number of benzene rings is 1. The smallest absolute Gasteiger partial charge is 0.330 e. The molecular weight excluding hydrogens is 433 g/mol. The molecule has 11 heteroatoms. The highest BCUT2D eigenvalue weighted by molar-refractivity contribution is 5.95. The average Bonchev–Trinajstić information content (AvgIpc) is 3.26. The van der Waals surface area contributed by atoms with Crippen LogP contribution in [0.3, 0.4) is 0 Å². The molecule has 0 saturated heterocycles. The largest absolute Gasteiger partial charge is 0.441 e. The summed E-state index contributed by atoms with van der Waals surface area (Å²) in [4.78, 5) is 45.3. The number of halogens is 1. The molecule has 0 radical (unpaired) electrons. The van der Waals surface area contributed by atoms with Crippen molar-refractivity contribution in [2.45, 2.75) is 32.7 Å². The lowest BCUT2D eigenvalue weighted by Gasteiger charge is -2.24. The number of aryl methyl sites for hydroxylation is 1. The van der Waals surface area contributed by atoms with Crippen LogP contribution in [-0.2, 0) is 22.5 Å². The van der Waals surface area contributed by atoms with Gasteiger partial charge >= 0.3 is 5.69 Å². The number of anilines is 2. The maximum atomic E-state index is 13.1. The first-order valence-electron chi connectivity index (χ1n) is 10.5. The van der Waals surface area contributed by atoms with Crippen LogP contribution in [0.1, 0.15) is 25.7 Å². The molecule has 10 nitrogen and oxygen atoms in total. The maximum Gasteiger partial charge on any atom is 0.330 e. The molecule has 2 heterocycles. The van der Waals surface area contributed by atoms with E-state index >= 15 is 0 Å². The summed E-state index contributed by atoms with van der Waals surface area (Å²) in [6.45, 7) is 2.38. The number of ether oxygens (including phenoxy) is 1. The monoisotopic (exact) mass is 459 g/mol. The van der Waals surface area contributed by atoms with Crippen LogP contribution in [0, 0.1) is 5.82 Å². The van der Waals surface area contributed by atoms with Gasteiger partial charge in [-0.25, -0.2) is 14.2 Å². The number of H-pyrrole nitrogens is 1. The van der Waals surface area contributed by atoms with E-state index in [0.717, 1.165) is 0 Å². The van der Waals surface area contributed by atoms with Gasteiger partial charge in [0, 0.05) is 38.6 Å². The Bertz CT molecular complexity index is 1220. The van der Waals surface area contributed by atoms with Gasteiger partial charge in [0.15, 0.2) is 17.3 Å². The normalized spacial score (nSPS) is 11.0. The molecule has 0 atom stereocenters. The molecule has 0 spiro atoms. The summed E-state index contributed by atoms with van der Waals surface area (Å²) in [7, 11) is 1.47. The number of nitrogens with two attached hydrogens (primary N) is 1. The van der Waals surface area contributed by atoms with E-state index in [1.54, 1.807) is 12.1 Å². The summed E-state index contributed by atoms with van der Waals surface area (Å²) < 4.78 is 25.1. The van der Waals surface area contributed by atoms with Crippen molar-refractivity contribution in [3.63, 3.8) is 0 Å². The van der Waals surface area contributed by atoms with E-state index in [4.69, 9.17) is 14.9 Å². The van der Waals surface area contributed by atoms with Crippen molar-refractivity contribution in [2.24, 2.45) is 0 Å². The van der Waals surface area contributed by atoms with Gasteiger partial charge in [-0.2, -0.15) is 0 Å². The van der Waals surface area contributed by atoms with Crippen LogP contribution in [0.5, 0.6) is 0 Å². The van der Waals surface area contributed by atoms with Crippen molar-refractivity contribution >= 4 is 17.4 Å². The summed E-state index contributed by atoms with van der Waals surface area (Å²) >= 11 is 0. The van der Waals surface area contributed by atoms with E-state index in [2.05, 4.69) is 9.97 Å². The molecule has 1 aromatic carbocycles. The number of nitrogens with zero attached hydrogens (tertiary/aromatic N) is 3. The van der Waals surface area contributed by atoms with Gasteiger partial charge < -0.3 is 19.8 Å². The molecule has 3 rings (SSSR count). The van der Waals surface area contributed by atoms with Crippen LogP contribution in [0.2, 0.25) is 0 Å². The Morgan fingerprint density at radius 1 is 1.30 bits per heavy atom. The van der Waals surface area contributed by atoms with Gasteiger partial charge in [-0.15, -0.1) is 0 Å². The quantitative estimate of drug-likeness (QED) is 0.473. The number of oxazole rings is 1. The molecule has 0 aliphatic rings. The van der Waals surface area contributed by atoms with Crippen LogP contribution in [0.4, 0.5) is 15.9 Å². The number of nitrogen functional groups attached to an aromatic ring is 1. The van der Waals surface area contributed by atoms with Crippen LogP contribution in [-0.4, -0.2) is 40.7 Å². The number of methoxy groups -OCH3 is 1. The highest BCUT2D eigenvalue weighted by atomic mass is 19.1. The highest BCUT2D eigenvalue weighted by Crippen LogP contribution is 2.22. The van der Waals surface area contributed by atoms with E-state index in [0.29, 0.717) is 30.2 Å². The van der Waals surface area contributed by atoms with Crippen molar-refractivity contribution < 1.29 is 18.3 Å². The fourth-order valence-electron chi connectivity index (χ4n) is 3.35. The third kappa shape index (κ3) is 5.55. The number of amides is 1. The number of rotatable bonds is 10. The third-order valence-electron chi connectivity index (χ3n) is 4.99. The van der Waals surface area contributed by atoms with Crippen molar-refractivity contribution in [1.82, 2.24) is 14.5 Å². The van der Waals surface area contributed by atoms with Gasteiger partial charge in [-0.05, 0) is 30.7 Å². The zero-order valence-corrected chi connectivity index (χ0v) is 18.5. The zero-order chi connectivity index (χ0) is 24.0. The number of aromatic nitrogens is 3. The standard InChI is InChI=1S/C22H26FN5O5/c1-3-10-28-20(24)19(21(30)26-22(28)31)27(11-12-32-2)18(29)9-8-17-25-13-16(33-17)14-4-6-15(23)7-5-14/h4-7,13H,3,8-12,24H2,1-2H3,(H,26,30,31). The number of aromatic amines is 1. The molecule has 0 aliphatic heterocycles. The van der Waals surface area contributed by atoms with Crippen molar-refractivity contribution in [3.8, 4) is 11.3 Å². The Kier molecular flexibility index (Phi) is 7.78. The molecular formula is C22H26FN5O5. The van der Waals surface area contributed by atoms with Gasteiger partial charge in [-0.3, -0.25) is 19.1 Å². The Balaban J connectivity index is 1.81. The van der Waals surface area contributed by atoms with E-state index in [1.807, 2.05) is 6.92 Å². The second-order valence-corrected chi connectivity index (χ2v) is 7.31. The van der Waals surface area contributed by atoms with E-state index in [-0.39, 0.29) is 43.3 Å². The van der Waals surface area contributed by atoms with Crippen LogP contribution in [0.25, 0.3) is 11.3 Å². The number of hydrogen-bond acceptors (Lipinski definition) is 7. The minimum atomic E-state index is -0.746. The molecule has 0 aliphatic carbocycles. The molecule has 0 saturated carbocycles. The Hall–Kier alpha value is -3.73. The number of carbonyl (C=O) groups excluding carboxylic acids is 1. The highest BCUT2D eigenvalue weighted by Gasteiger charge is 2.24. The summed E-state index contributed by atoms with van der Waals surface area (Å²) in [5.74, 6) is -0.0924. The predicted octanol–water partition coefficient (Wildman–Crippen LogP) is 1.94. The Morgan fingerprint density at radius 3 is 2.70 bits per heavy atom. The molecule has 0 bridgehead atoms. The third-order valence-corrected chi connectivity index (χ3v) is 4.99. The molecule has 1 amide bonds. The van der Waals surface area contributed by atoms with Crippen molar-refractivity contribution in [1.29, 1.82) is 0 Å². The second-order valence-electron chi connectivity index (χ2n) is 7.31. The minimum Gasteiger partial charge on any atom is -0.441 e. The fourth-order valence-corrected chi connectivity index (χ4v) is 3.35. The minimum absolute atomic E-state index is 0.0289. The van der Waals surface area contributed by atoms with Gasteiger partial charge in [0.1, 0.15) is 11.6 Å². The van der Waals surface area contributed by atoms with Gasteiger partial charge in [0.25, 0.3) is 5.56 Å². The molecule has 0 unspecified atom stereocenters. The molecule has 3 aromatic rings.